The molecule has 0 bridgehead atoms. The van der Waals surface area contributed by atoms with Gasteiger partial charge in [-0.25, -0.2) is 9.97 Å². The molecule has 2 fully saturated rings. The Morgan fingerprint density at radius 3 is 2.61 bits per heavy atom. The SMILES string of the molecule is CCc1cnc(C2CCCN(C3CCN(c4ccc(C(=O)NC)nc4)CC3)C2)[nH]c1=O. The van der Waals surface area contributed by atoms with Crippen LogP contribution in [0.5, 0.6) is 0 Å². The lowest BCUT2D eigenvalue weighted by Gasteiger charge is -2.42. The van der Waals surface area contributed by atoms with Gasteiger partial charge in [-0.05, 0) is 50.8 Å². The quantitative estimate of drug-likeness (QED) is 0.762. The minimum Gasteiger partial charge on any atom is -0.370 e. The molecule has 8 nitrogen and oxygen atoms in total. The minimum absolute atomic E-state index is 0.00831. The van der Waals surface area contributed by atoms with E-state index < -0.39 is 0 Å². The number of hydrogen-bond acceptors (Lipinski definition) is 6. The Morgan fingerprint density at radius 2 is 1.97 bits per heavy atom. The number of carbonyl (C=O) groups excluding carboxylic acids is 1. The number of aromatic nitrogens is 3. The van der Waals surface area contributed by atoms with E-state index in [1.807, 2.05) is 13.0 Å². The van der Waals surface area contributed by atoms with Crippen LogP contribution in [0, 0.1) is 0 Å². The molecule has 2 aliphatic heterocycles. The van der Waals surface area contributed by atoms with Crippen molar-refractivity contribution in [2.75, 3.05) is 38.1 Å². The number of anilines is 1. The standard InChI is InChI=1S/C23H32N6O2/c1-3-16-13-26-21(27-22(16)30)17-5-4-10-29(15-17)18-8-11-28(12-9-18)19-6-7-20(25-14-19)23(31)24-2/h6-7,13-14,17-18H,3-5,8-12,15H2,1-2H3,(H,24,31)(H,26,27,30). The van der Waals surface area contributed by atoms with Crippen LogP contribution in [0.2, 0.25) is 0 Å². The Kier molecular flexibility index (Phi) is 6.65. The summed E-state index contributed by atoms with van der Waals surface area (Å²) < 4.78 is 0. The largest absolute Gasteiger partial charge is 0.370 e. The van der Waals surface area contributed by atoms with Crippen molar-refractivity contribution in [2.45, 2.75) is 51.0 Å². The molecule has 2 aliphatic rings. The van der Waals surface area contributed by atoms with Crippen LogP contribution in [0.25, 0.3) is 0 Å². The van der Waals surface area contributed by atoms with E-state index in [-0.39, 0.29) is 11.5 Å². The molecule has 4 rings (SSSR count). The van der Waals surface area contributed by atoms with Gasteiger partial charge >= 0.3 is 0 Å². The first-order chi connectivity index (χ1) is 15.1. The van der Waals surface area contributed by atoms with Crippen LogP contribution in [0.4, 0.5) is 5.69 Å². The summed E-state index contributed by atoms with van der Waals surface area (Å²) in [6.45, 7) is 6.01. The molecule has 2 saturated heterocycles. The van der Waals surface area contributed by atoms with E-state index in [2.05, 4.69) is 30.1 Å². The zero-order valence-electron chi connectivity index (χ0n) is 18.4. The Labute approximate surface area is 183 Å². The van der Waals surface area contributed by atoms with E-state index in [4.69, 9.17) is 0 Å². The average molecular weight is 425 g/mol. The van der Waals surface area contributed by atoms with E-state index in [0.29, 0.717) is 24.1 Å². The van der Waals surface area contributed by atoms with Gasteiger partial charge in [0.2, 0.25) is 0 Å². The highest BCUT2D eigenvalue weighted by molar-refractivity contribution is 5.92. The molecule has 8 heteroatoms. The number of aromatic amines is 1. The van der Waals surface area contributed by atoms with Crippen LogP contribution < -0.4 is 15.8 Å². The highest BCUT2D eigenvalue weighted by Gasteiger charge is 2.30. The van der Waals surface area contributed by atoms with Crippen molar-refractivity contribution in [1.29, 1.82) is 0 Å². The highest BCUT2D eigenvalue weighted by atomic mass is 16.1. The third-order valence-corrected chi connectivity index (χ3v) is 6.67. The summed E-state index contributed by atoms with van der Waals surface area (Å²) in [6, 6.07) is 4.32. The maximum Gasteiger partial charge on any atom is 0.269 e. The van der Waals surface area contributed by atoms with Crippen molar-refractivity contribution in [3.8, 4) is 0 Å². The molecular weight excluding hydrogens is 392 g/mol. The lowest BCUT2D eigenvalue weighted by atomic mass is 9.93. The number of pyridine rings is 1. The number of likely N-dealkylation sites (tertiary alicyclic amines) is 1. The summed E-state index contributed by atoms with van der Waals surface area (Å²) in [6.07, 6.45) is 8.66. The molecule has 166 valence electrons. The van der Waals surface area contributed by atoms with Gasteiger partial charge in [-0.2, -0.15) is 0 Å². The molecule has 1 atom stereocenters. The van der Waals surface area contributed by atoms with Gasteiger partial charge in [0.1, 0.15) is 11.5 Å². The van der Waals surface area contributed by atoms with Crippen molar-refractivity contribution in [1.82, 2.24) is 25.2 Å². The number of aryl methyl sites for hydroxylation is 1. The predicted molar refractivity (Wildman–Crippen MR) is 121 cm³/mol. The lowest BCUT2D eigenvalue weighted by molar-refractivity contribution is 0.0958. The summed E-state index contributed by atoms with van der Waals surface area (Å²) in [5, 5.41) is 2.60. The Hall–Kier alpha value is -2.74. The molecule has 31 heavy (non-hydrogen) atoms. The van der Waals surface area contributed by atoms with Crippen molar-refractivity contribution < 1.29 is 4.79 Å². The highest BCUT2D eigenvalue weighted by Crippen LogP contribution is 2.29. The molecule has 1 unspecified atom stereocenters. The third-order valence-electron chi connectivity index (χ3n) is 6.67. The zero-order valence-corrected chi connectivity index (χ0v) is 18.4. The van der Waals surface area contributed by atoms with Gasteiger partial charge in [0.05, 0.1) is 11.9 Å². The van der Waals surface area contributed by atoms with Crippen LogP contribution in [0.1, 0.15) is 60.4 Å². The normalized spacial score (nSPS) is 20.6. The number of nitrogens with zero attached hydrogens (tertiary/aromatic N) is 4. The Balaban J connectivity index is 1.34. The van der Waals surface area contributed by atoms with Crippen molar-refractivity contribution in [3.63, 3.8) is 0 Å². The smallest absolute Gasteiger partial charge is 0.269 e. The first kappa shape index (κ1) is 21.5. The molecular formula is C23H32N6O2. The number of rotatable bonds is 5. The summed E-state index contributed by atoms with van der Waals surface area (Å²) in [5.74, 6) is 0.975. The van der Waals surface area contributed by atoms with Crippen LogP contribution in [-0.2, 0) is 6.42 Å². The maximum atomic E-state index is 12.2. The van der Waals surface area contributed by atoms with Gasteiger partial charge < -0.3 is 15.2 Å². The van der Waals surface area contributed by atoms with Gasteiger partial charge in [-0.15, -0.1) is 0 Å². The Morgan fingerprint density at radius 1 is 1.16 bits per heavy atom. The van der Waals surface area contributed by atoms with Gasteiger partial charge in [0.15, 0.2) is 0 Å². The maximum absolute atomic E-state index is 12.2. The summed E-state index contributed by atoms with van der Waals surface area (Å²) in [4.78, 5) is 40.7. The van der Waals surface area contributed by atoms with E-state index in [0.717, 1.165) is 68.9 Å². The van der Waals surface area contributed by atoms with Gasteiger partial charge in [0.25, 0.3) is 11.5 Å². The van der Waals surface area contributed by atoms with E-state index >= 15 is 0 Å². The van der Waals surface area contributed by atoms with Crippen LogP contribution >= 0.6 is 0 Å². The van der Waals surface area contributed by atoms with Crippen LogP contribution in [-0.4, -0.2) is 65.0 Å². The molecule has 2 aromatic heterocycles. The second kappa shape index (κ2) is 9.60. The number of nitrogens with one attached hydrogen (secondary N) is 2. The first-order valence-corrected chi connectivity index (χ1v) is 11.3. The summed E-state index contributed by atoms with van der Waals surface area (Å²) in [7, 11) is 1.61. The molecule has 2 N–H and O–H groups in total. The molecule has 0 aromatic carbocycles. The number of H-pyrrole nitrogens is 1. The molecule has 2 aromatic rings. The van der Waals surface area contributed by atoms with Crippen LogP contribution in [0.15, 0.2) is 29.3 Å². The molecule has 0 saturated carbocycles. The van der Waals surface area contributed by atoms with E-state index in [9.17, 15) is 9.59 Å². The molecule has 1 amide bonds. The Bertz CT molecular complexity index is 949. The molecule has 4 heterocycles. The second-order valence-electron chi connectivity index (χ2n) is 8.51. The van der Waals surface area contributed by atoms with Crippen LogP contribution in [0.3, 0.4) is 0 Å². The molecule has 0 aliphatic carbocycles. The first-order valence-electron chi connectivity index (χ1n) is 11.3. The fraction of sp³-hybridized carbons (Fsp3) is 0.565. The fourth-order valence-corrected chi connectivity index (χ4v) is 4.78. The molecule has 0 radical (unpaired) electrons. The fourth-order valence-electron chi connectivity index (χ4n) is 4.78. The van der Waals surface area contributed by atoms with Gasteiger partial charge in [0, 0.05) is 50.4 Å². The summed E-state index contributed by atoms with van der Waals surface area (Å²) >= 11 is 0. The third kappa shape index (κ3) is 4.79. The van der Waals surface area contributed by atoms with E-state index in [1.54, 1.807) is 25.5 Å². The lowest BCUT2D eigenvalue weighted by Crippen LogP contribution is -2.48. The summed E-state index contributed by atoms with van der Waals surface area (Å²) in [5.41, 5.74) is 2.27. The predicted octanol–water partition coefficient (Wildman–Crippen LogP) is 1.94. The number of piperidine rings is 2. The van der Waals surface area contributed by atoms with E-state index in [1.165, 1.54) is 0 Å². The second-order valence-corrected chi connectivity index (χ2v) is 8.51. The topological polar surface area (TPSA) is 94.2 Å². The minimum atomic E-state index is -0.162. The monoisotopic (exact) mass is 424 g/mol. The average Bonchev–Trinajstić information content (AvgIpc) is 2.84. The van der Waals surface area contributed by atoms with Gasteiger partial charge in [-0.1, -0.05) is 6.92 Å². The van der Waals surface area contributed by atoms with Crippen molar-refractivity contribution in [3.05, 3.63) is 52.0 Å². The van der Waals surface area contributed by atoms with Gasteiger partial charge in [-0.3, -0.25) is 14.5 Å². The van der Waals surface area contributed by atoms with Crippen molar-refractivity contribution in [2.24, 2.45) is 0 Å². The number of amides is 1. The number of carbonyl (C=O) groups is 1. The molecule has 0 spiro atoms. The van der Waals surface area contributed by atoms with Crippen molar-refractivity contribution >= 4 is 11.6 Å². The number of hydrogen-bond donors (Lipinski definition) is 2. The zero-order chi connectivity index (χ0) is 21.8.